The number of halogens is 1. The Kier molecular flexibility index (Phi) is 8.20. The predicted molar refractivity (Wildman–Crippen MR) is 99.1 cm³/mol. The smallest absolute Gasteiger partial charge is 0.414 e. The maximum absolute atomic E-state index is 9.10. The van der Waals surface area contributed by atoms with Gasteiger partial charge in [-0.25, -0.2) is 14.6 Å². The van der Waals surface area contributed by atoms with Gasteiger partial charge in [-0.2, -0.15) is 0 Å². The van der Waals surface area contributed by atoms with Crippen molar-refractivity contribution in [2.24, 2.45) is 0 Å². The van der Waals surface area contributed by atoms with Crippen molar-refractivity contribution >= 4 is 45.1 Å². The predicted octanol–water partition coefficient (Wildman–Crippen LogP) is 1.32. The van der Waals surface area contributed by atoms with Gasteiger partial charge in [0, 0.05) is 24.3 Å². The number of thiocarbonyl (C=S) groups is 1. The van der Waals surface area contributed by atoms with Crippen molar-refractivity contribution in [3.8, 4) is 5.88 Å². The molecule has 0 radical (unpaired) electrons. The van der Waals surface area contributed by atoms with Gasteiger partial charge >= 0.3 is 11.9 Å². The summed E-state index contributed by atoms with van der Waals surface area (Å²) in [6.07, 6.45) is 2.81. The second kappa shape index (κ2) is 9.64. The van der Waals surface area contributed by atoms with Crippen molar-refractivity contribution in [3.05, 3.63) is 22.3 Å². The van der Waals surface area contributed by atoms with Gasteiger partial charge in [-0.15, -0.1) is 0 Å². The lowest BCUT2D eigenvalue weighted by molar-refractivity contribution is -0.159. The fourth-order valence-electron chi connectivity index (χ4n) is 2.02. The summed E-state index contributed by atoms with van der Waals surface area (Å²) < 4.78 is 6.93. The lowest BCUT2D eigenvalue weighted by Gasteiger charge is -2.22. The van der Waals surface area contributed by atoms with E-state index in [-0.39, 0.29) is 6.10 Å². The Bertz CT molecular complexity index is 644. The zero-order valence-corrected chi connectivity index (χ0v) is 16.5. The number of hydrogen-bond acceptors (Lipinski definition) is 6. The number of fused-ring (bicyclic) bond motifs is 1. The Balaban J connectivity index is 0.000000450. The maximum Gasteiger partial charge on any atom is 0.414 e. The average molecular weight is 434 g/mol. The summed E-state index contributed by atoms with van der Waals surface area (Å²) in [7, 11) is 6.13. The summed E-state index contributed by atoms with van der Waals surface area (Å²) in [6, 6.07) is 1.97. The van der Waals surface area contributed by atoms with E-state index in [0.717, 1.165) is 34.5 Å². The zero-order valence-electron chi connectivity index (χ0n) is 14.1. The lowest BCUT2D eigenvalue weighted by atomic mass is 10.2. The van der Waals surface area contributed by atoms with Crippen LogP contribution in [0.4, 0.5) is 0 Å². The molecule has 0 spiro atoms. The molecule has 2 N–H and O–H groups in total. The van der Waals surface area contributed by atoms with Gasteiger partial charge in [-0.1, -0.05) is 12.2 Å². The molecule has 138 valence electrons. The van der Waals surface area contributed by atoms with Gasteiger partial charge in [0.2, 0.25) is 5.88 Å². The van der Waals surface area contributed by atoms with E-state index in [0.29, 0.717) is 5.88 Å². The van der Waals surface area contributed by atoms with Gasteiger partial charge in [0.05, 0.1) is 12.1 Å². The molecule has 0 saturated carbocycles. The topological polar surface area (TPSA) is 103 Å². The highest BCUT2D eigenvalue weighted by molar-refractivity contribution is 9.10. The Labute approximate surface area is 159 Å². The van der Waals surface area contributed by atoms with Crippen molar-refractivity contribution in [1.82, 2.24) is 14.8 Å². The minimum Gasteiger partial charge on any atom is -0.473 e. The molecule has 0 aliphatic carbocycles. The summed E-state index contributed by atoms with van der Waals surface area (Å²) in [6.45, 7) is 1.78. The third-order valence-electron chi connectivity index (χ3n) is 3.23. The van der Waals surface area contributed by atoms with Gasteiger partial charge in [0.25, 0.3) is 0 Å². The number of aromatic nitrogens is 1. The van der Waals surface area contributed by atoms with Gasteiger partial charge in [0.15, 0.2) is 0 Å². The highest BCUT2D eigenvalue weighted by Gasteiger charge is 2.25. The van der Waals surface area contributed by atoms with E-state index in [1.807, 2.05) is 13.1 Å². The van der Waals surface area contributed by atoms with Gasteiger partial charge in [-0.05, 0) is 42.5 Å². The first-order chi connectivity index (χ1) is 11.6. The van der Waals surface area contributed by atoms with E-state index in [9.17, 15) is 0 Å². The fraction of sp³-hybridized carbons (Fsp3) is 0.467. The van der Waals surface area contributed by atoms with Crippen LogP contribution in [0, 0.1) is 0 Å². The van der Waals surface area contributed by atoms with E-state index in [1.54, 1.807) is 6.20 Å². The van der Waals surface area contributed by atoms with Crippen LogP contribution in [0.25, 0.3) is 0 Å². The van der Waals surface area contributed by atoms with Gasteiger partial charge in [0.1, 0.15) is 11.1 Å². The summed E-state index contributed by atoms with van der Waals surface area (Å²) in [5, 5.41) is 14.8. The number of ether oxygens (including phenoxy) is 1. The second-order valence-electron chi connectivity index (χ2n) is 5.63. The molecule has 10 heteroatoms. The molecule has 1 aliphatic rings. The second-order valence-corrected chi connectivity index (χ2v) is 6.94. The Morgan fingerprint density at radius 1 is 1.44 bits per heavy atom. The number of pyridine rings is 1. The average Bonchev–Trinajstić information content (AvgIpc) is 2.64. The molecule has 0 amide bonds. The molecule has 0 bridgehead atoms. The fourth-order valence-corrected chi connectivity index (χ4v) is 2.57. The van der Waals surface area contributed by atoms with Crippen molar-refractivity contribution < 1.29 is 24.5 Å². The van der Waals surface area contributed by atoms with Crippen LogP contribution in [0.15, 0.2) is 16.7 Å². The molecule has 0 saturated heterocycles. The standard InChI is InChI=1S/C13H18BrN3OS.C2H2O4/c1-16(2)5-4-10-8-17(3)13(19)11-6-9(14)7-15-12(11)18-10;3-1(4)2(5)6/h6-7,10H,4-5,8H2,1-3H3;(H,3,4)(H,5,6). The van der Waals surface area contributed by atoms with Crippen LogP contribution in [-0.2, 0) is 9.59 Å². The highest BCUT2D eigenvalue weighted by atomic mass is 79.9. The molecule has 1 atom stereocenters. The highest BCUT2D eigenvalue weighted by Crippen LogP contribution is 2.26. The largest absolute Gasteiger partial charge is 0.473 e. The number of carbonyl (C=O) groups is 2. The molecule has 1 aliphatic heterocycles. The van der Waals surface area contributed by atoms with Crippen molar-refractivity contribution in [2.45, 2.75) is 12.5 Å². The molecular formula is C15H20BrN3O5S. The van der Waals surface area contributed by atoms with Crippen LogP contribution in [0.3, 0.4) is 0 Å². The molecular weight excluding hydrogens is 414 g/mol. The third-order valence-corrected chi connectivity index (χ3v) is 4.20. The molecule has 1 aromatic heterocycles. The minimum atomic E-state index is -1.82. The Hall–Kier alpha value is -1.78. The first-order valence-electron chi connectivity index (χ1n) is 7.30. The summed E-state index contributed by atoms with van der Waals surface area (Å²) >= 11 is 8.92. The van der Waals surface area contributed by atoms with Crippen LogP contribution >= 0.6 is 28.1 Å². The van der Waals surface area contributed by atoms with Gasteiger partial charge in [-0.3, -0.25) is 0 Å². The number of hydrogen-bond donors (Lipinski definition) is 2. The minimum absolute atomic E-state index is 0.111. The molecule has 0 aromatic carbocycles. The summed E-state index contributed by atoms with van der Waals surface area (Å²) in [4.78, 5) is 27.6. The van der Waals surface area contributed by atoms with Gasteiger partial charge < -0.3 is 24.7 Å². The normalized spacial score (nSPS) is 16.3. The quantitative estimate of drug-likeness (QED) is 0.539. The third kappa shape index (κ3) is 6.92. The number of aliphatic carboxylic acids is 2. The van der Waals surface area contributed by atoms with Crippen LogP contribution in [0.5, 0.6) is 5.88 Å². The van der Waals surface area contributed by atoms with E-state index in [4.69, 9.17) is 36.8 Å². The molecule has 0 fully saturated rings. The van der Waals surface area contributed by atoms with E-state index < -0.39 is 11.9 Å². The van der Waals surface area contributed by atoms with Crippen LogP contribution in [0.1, 0.15) is 12.0 Å². The van der Waals surface area contributed by atoms with E-state index in [1.165, 1.54) is 0 Å². The molecule has 1 aromatic rings. The van der Waals surface area contributed by atoms with Crippen molar-refractivity contribution in [1.29, 1.82) is 0 Å². The molecule has 2 heterocycles. The Morgan fingerprint density at radius 3 is 2.56 bits per heavy atom. The number of likely N-dealkylation sites (N-methyl/N-ethyl adjacent to an activating group) is 1. The van der Waals surface area contributed by atoms with Crippen molar-refractivity contribution in [3.63, 3.8) is 0 Å². The number of carboxylic acids is 2. The van der Waals surface area contributed by atoms with Crippen LogP contribution < -0.4 is 4.74 Å². The molecule has 1 unspecified atom stereocenters. The van der Waals surface area contributed by atoms with Crippen molar-refractivity contribution in [2.75, 3.05) is 34.2 Å². The first kappa shape index (κ1) is 21.3. The maximum atomic E-state index is 9.10. The van der Waals surface area contributed by atoms with Crippen LogP contribution in [-0.4, -0.2) is 82.3 Å². The number of nitrogens with zero attached hydrogens (tertiary/aromatic N) is 3. The molecule has 2 rings (SSSR count). The van der Waals surface area contributed by atoms with Crippen LogP contribution in [0.2, 0.25) is 0 Å². The Morgan fingerprint density at radius 2 is 2.04 bits per heavy atom. The number of rotatable bonds is 3. The van der Waals surface area contributed by atoms with E-state index in [2.05, 4.69) is 44.8 Å². The zero-order chi connectivity index (χ0) is 19.1. The van der Waals surface area contributed by atoms with E-state index >= 15 is 0 Å². The monoisotopic (exact) mass is 433 g/mol. The SMILES string of the molecule is CN(C)CCC1CN(C)C(=S)c2cc(Br)cnc2O1.O=C(O)C(=O)O. The lowest BCUT2D eigenvalue weighted by Crippen LogP contribution is -2.35. The first-order valence-corrected chi connectivity index (χ1v) is 8.50. The molecule has 25 heavy (non-hydrogen) atoms. The summed E-state index contributed by atoms with van der Waals surface area (Å²) in [5.41, 5.74) is 0.888. The summed E-state index contributed by atoms with van der Waals surface area (Å²) in [5.74, 6) is -3.01. The molecule has 8 nitrogen and oxygen atoms in total. The number of carboxylic acid groups (broad SMARTS) is 2.